The Labute approximate surface area is 103 Å². The van der Waals surface area contributed by atoms with E-state index in [1.54, 1.807) is 0 Å². The lowest BCUT2D eigenvalue weighted by Gasteiger charge is -2.17. The van der Waals surface area contributed by atoms with E-state index in [0.717, 1.165) is 12.0 Å². The molecule has 0 radical (unpaired) electrons. The third-order valence-corrected chi connectivity index (χ3v) is 3.80. The van der Waals surface area contributed by atoms with Crippen molar-refractivity contribution in [2.24, 2.45) is 0 Å². The van der Waals surface area contributed by atoms with Crippen LogP contribution in [0, 0.1) is 0 Å². The summed E-state index contributed by atoms with van der Waals surface area (Å²) >= 11 is 0. The largest absolute Gasteiger partial charge is 0.348 e. The fourth-order valence-electron chi connectivity index (χ4n) is 2.57. The lowest BCUT2D eigenvalue weighted by Crippen LogP contribution is -2.14. The second kappa shape index (κ2) is 4.52. The smallest absolute Gasteiger partial charge is 0.252 e. The first kappa shape index (κ1) is 12.2. The van der Waals surface area contributed by atoms with Gasteiger partial charge < -0.3 is 5.32 Å². The fraction of sp³-hybridized carbons (Fsp3) is 0.533. The first-order valence-electron chi connectivity index (χ1n) is 6.50. The molecule has 1 atom stereocenters. The van der Waals surface area contributed by atoms with Crippen LogP contribution in [-0.4, -0.2) is 5.91 Å². The Morgan fingerprint density at radius 3 is 2.47 bits per heavy atom. The average molecular weight is 231 g/mol. The zero-order chi connectivity index (χ0) is 12.6. The monoisotopic (exact) mass is 231 g/mol. The SMILES string of the molecule is CCC(C)c1ccc(C(C)C)c2c1C(=O)NC2. The molecule has 1 amide bonds. The zero-order valence-electron chi connectivity index (χ0n) is 11.1. The number of carbonyl (C=O) groups excluding carboxylic acids is 1. The maximum atomic E-state index is 12.0. The van der Waals surface area contributed by atoms with Crippen LogP contribution in [-0.2, 0) is 6.54 Å². The summed E-state index contributed by atoms with van der Waals surface area (Å²) in [6.45, 7) is 9.42. The van der Waals surface area contributed by atoms with Crippen LogP contribution >= 0.6 is 0 Å². The van der Waals surface area contributed by atoms with E-state index in [0.29, 0.717) is 18.4 Å². The number of amides is 1. The van der Waals surface area contributed by atoms with E-state index in [9.17, 15) is 4.79 Å². The van der Waals surface area contributed by atoms with Crippen LogP contribution in [0.15, 0.2) is 12.1 Å². The minimum atomic E-state index is 0.109. The van der Waals surface area contributed by atoms with E-state index in [-0.39, 0.29) is 5.91 Å². The van der Waals surface area contributed by atoms with Gasteiger partial charge in [-0.3, -0.25) is 4.79 Å². The van der Waals surface area contributed by atoms with Gasteiger partial charge in [-0.2, -0.15) is 0 Å². The summed E-state index contributed by atoms with van der Waals surface area (Å²) in [7, 11) is 0. The van der Waals surface area contributed by atoms with Crippen molar-refractivity contribution in [3.63, 3.8) is 0 Å². The summed E-state index contributed by atoms with van der Waals surface area (Å²) in [6, 6.07) is 4.35. The second-order valence-corrected chi connectivity index (χ2v) is 5.24. The van der Waals surface area contributed by atoms with Gasteiger partial charge in [0.1, 0.15) is 0 Å². The van der Waals surface area contributed by atoms with Gasteiger partial charge >= 0.3 is 0 Å². The lowest BCUT2D eigenvalue weighted by atomic mass is 9.86. The number of rotatable bonds is 3. The number of nitrogens with one attached hydrogen (secondary N) is 1. The molecule has 1 aromatic carbocycles. The highest BCUT2D eigenvalue weighted by molar-refractivity contribution is 6.00. The van der Waals surface area contributed by atoms with E-state index in [2.05, 4.69) is 45.1 Å². The molecular formula is C15H21NO. The molecule has 1 heterocycles. The van der Waals surface area contributed by atoms with Gasteiger partial charge in [-0.15, -0.1) is 0 Å². The van der Waals surface area contributed by atoms with Gasteiger partial charge in [-0.1, -0.05) is 39.8 Å². The predicted octanol–water partition coefficient (Wildman–Crippen LogP) is 3.57. The topological polar surface area (TPSA) is 29.1 Å². The number of hydrogen-bond donors (Lipinski definition) is 1. The van der Waals surface area contributed by atoms with E-state index >= 15 is 0 Å². The Morgan fingerprint density at radius 1 is 1.24 bits per heavy atom. The third-order valence-electron chi connectivity index (χ3n) is 3.80. The maximum absolute atomic E-state index is 12.0. The summed E-state index contributed by atoms with van der Waals surface area (Å²) in [6.07, 6.45) is 1.07. The number of fused-ring (bicyclic) bond motifs is 1. The highest BCUT2D eigenvalue weighted by Crippen LogP contribution is 2.33. The molecule has 0 saturated heterocycles. The summed E-state index contributed by atoms with van der Waals surface area (Å²) in [5.74, 6) is 1.04. The maximum Gasteiger partial charge on any atom is 0.252 e. The molecule has 0 aliphatic carbocycles. The van der Waals surface area contributed by atoms with Crippen LogP contribution < -0.4 is 5.32 Å². The normalized spacial score (nSPS) is 15.9. The quantitative estimate of drug-likeness (QED) is 0.846. The molecule has 1 aromatic rings. The molecule has 0 aromatic heterocycles. The van der Waals surface area contributed by atoms with E-state index in [4.69, 9.17) is 0 Å². The Balaban J connectivity index is 2.59. The van der Waals surface area contributed by atoms with E-state index in [1.807, 2.05) is 0 Å². The lowest BCUT2D eigenvalue weighted by molar-refractivity contribution is 0.0964. The van der Waals surface area contributed by atoms with Crippen molar-refractivity contribution in [3.8, 4) is 0 Å². The van der Waals surface area contributed by atoms with Crippen molar-refractivity contribution in [2.45, 2.75) is 52.5 Å². The molecule has 1 unspecified atom stereocenters. The first-order chi connectivity index (χ1) is 8.06. The van der Waals surface area contributed by atoms with Gasteiger partial charge in [0.15, 0.2) is 0 Å². The molecule has 1 N–H and O–H groups in total. The van der Waals surface area contributed by atoms with E-state index < -0.39 is 0 Å². The standard InChI is InChI=1S/C15H21NO/c1-5-10(4)12-7-6-11(9(2)3)13-8-16-15(17)14(12)13/h6-7,9-10H,5,8H2,1-4H3,(H,16,17). The molecular weight excluding hydrogens is 210 g/mol. The first-order valence-corrected chi connectivity index (χ1v) is 6.50. The second-order valence-electron chi connectivity index (χ2n) is 5.24. The molecule has 0 bridgehead atoms. The molecule has 17 heavy (non-hydrogen) atoms. The van der Waals surface area contributed by atoms with Gasteiger partial charge in [-0.25, -0.2) is 0 Å². The van der Waals surface area contributed by atoms with Gasteiger partial charge in [0.25, 0.3) is 5.91 Å². The van der Waals surface area contributed by atoms with Gasteiger partial charge in [0, 0.05) is 12.1 Å². The molecule has 0 saturated carbocycles. The number of carbonyl (C=O) groups is 1. The van der Waals surface area contributed by atoms with Crippen molar-refractivity contribution < 1.29 is 4.79 Å². The molecule has 0 spiro atoms. The Morgan fingerprint density at radius 2 is 1.88 bits per heavy atom. The molecule has 1 aliphatic rings. The van der Waals surface area contributed by atoms with Crippen LogP contribution in [0.3, 0.4) is 0 Å². The Hall–Kier alpha value is -1.31. The molecule has 1 aliphatic heterocycles. The summed E-state index contributed by atoms with van der Waals surface area (Å²) < 4.78 is 0. The fourth-order valence-corrected chi connectivity index (χ4v) is 2.57. The third kappa shape index (κ3) is 1.97. The molecule has 2 nitrogen and oxygen atoms in total. The van der Waals surface area contributed by atoms with Gasteiger partial charge in [-0.05, 0) is 34.9 Å². The zero-order valence-corrected chi connectivity index (χ0v) is 11.1. The highest BCUT2D eigenvalue weighted by atomic mass is 16.1. The highest BCUT2D eigenvalue weighted by Gasteiger charge is 2.27. The minimum Gasteiger partial charge on any atom is -0.348 e. The van der Waals surface area contributed by atoms with Crippen molar-refractivity contribution in [2.75, 3.05) is 0 Å². The van der Waals surface area contributed by atoms with E-state index in [1.165, 1.54) is 16.7 Å². The predicted molar refractivity (Wildman–Crippen MR) is 70.4 cm³/mol. The van der Waals surface area contributed by atoms with Crippen LogP contribution in [0.5, 0.6) is 0 Å². The van der Waals surface area contributed by atoms with Crippen molar-refractivity contribution in [3.05, 3.63) is 34.4 Å². The number of benzene rings is 1. The minimum absolute atomic E-state index is 0.109. The van der Waals surface area contributed by atoms with Crippen molar-refractivity contribution in [1.29, 1.82) is 0 Å². The molecule has 0 fully saturated rings. The average Bonchev–Trinajstić information content (AvgIpc) is 2.69. The summed E-state index contributed by atoms with van der Waals surface area (Å²) in [5.41, 5.74) is 4.70. The Bertz CT molecular complexity index is 448. The van der Waals surface area contributed by atoms with Crippen LogP contribution in [0.4, 0.5) is 0 Å². The van der Waals surface area contributed by atoms with Crippen LogP contribution in [0.25, 0.3) is 0 Å². The van der Waals surface area contributed by atoms with Gasteiger partial charge in [0.05, 0.1) is 0 Å². The molecule has 92 valence electrons. The number of hydrogen-bond acceptors (Lipinski definition) is 1. The van der Waals surface area contributed by atoms with Gasteiger partial charge in [0.2, 0.25) is 0 Å². The molecule has 2 rings (SSSR count). The molecule has 2 heteroatoms. The van der Waals surface area contributed by atoms with Crippen molar-refractivity contribution >= 4 is 5.91 Å². The van der Waals surface area contributed by atoms with Crippen LogP contribution in [0.1, 0.15) is 73.0 Å². The summed E-state index contributed by atoms with van der Waals surface area (Å²) in [5, 5.41) is 2.96. The van der Waals surface area contributed by atoms with Crippen molar-refractivity contribution in [1.82, 2.24) is 5.32 Å². The Kier molecular flexibility index (Phi) is 3.23. The van der Waals surface area contributed by atoms with Crippen LogP contribution in [0.2, 0.25) is 0 Å². The summed E-state index contributed by atoms with van der Waals surface area (Å²) in [4.78, 5) is 12.0.